The standard InChI is InChI=1S/C57H103NO5/c1-3-5-7-9-11-13-15-17-19-20-21-23-27-31-35-39-43-47-51-57(62)63-52-48-44-40-36-32-28-24-26-30-34-38-42-46-50-56(61)58-54(53-59)55(60)49-45-41-37-33-29-25-22-18-16-14-12-10-8-6-4-2/h13,15,19-20,26,30,38,42,45,49,54-55,59-60H,3-12,14,16-18,21-25,27-29,31-37,39-41,43-44,46-48,50-53H2,1-2H3,(H,58,61)/b15-13-,20-19-,30-26-,42-38-,49-45+. The molecule has 0 heterocycles. The Kier molecular flexibility index (Phi) is 50.2. The van der Waals surface area contributed by atoms with Gasteiger partial charge in [-0.1, -0.05) is 229 Å². The molecule has 1 amide bonds. The van der Waals surface area contributed by atoms with Crippen molar-refractivity contribution in [1.29, 1.82) is 0 Å². The number of aliphatic hydroxyl groups is 2. The van der Waals surface area contributed by atoms with Crippen LogP contribution in [0, 0.1) is 0 Å². The maximum Gasteiger partial charge on any atom is 0.305 e. The van der Waals surface area contributed by atoms with Crippen LogP contribution >= 0.6 is 0 Å². The number of hydrogen-bond donors (Lipinski definition) is 3. The van der Waals surface area contributed by atoms with Crippen molar-refractivity contribution in [1.82, 2.24) is 5.32 Å². The zero-order valence-corrected chi connectivity index (χ0v) is 41.5. The zero-order chi connectivity index (χ0) is 45.8. The number of nitrogens with one attached hydrogen (secondary N) is 1. The van der Waals surface area contributed by atoms with E-state index in [4.69, 9.17) is 4.74 Å². The largest absolute Gasteiger partial charge is 0.466 e. The van der Waals surface area contributed by atoms with Gasteiger partial charge in [0.2, 0.25) is 5.91 Å². The molecule has 63 heavy (non-hydrogen) atoms. The summed E-state index contributed by atoms with van der Waals surface area (Å²) < 4.78 is 5.46. The first-order valence-electron chi connectivity index (χ1n) is 27.1. The molecule has 2 atom stereocenters. The molecule has 0 aliphatic carbocycles. The van der Waals surface area contributed by atoms with Crippen LogP contribution in [0.2, 0.25) is 0 Å². The van der Waals surface area contributed by atoms with E-state index in [0.717, 1.165) is 57.8 Å². The van der Waals surface area contributed by atoms with Gasteiger partial charge in [-0.05, 0) is 83.5 Å². The summed E-state index contributed by atoms with van der Waals surface area (Å²) in [5.41, 5.74) is 0. The molecular formula is C57H103NO5. The van der Waals surface area contributed by atoms with Crippen LogP contribution in [0.5, 0.6) is 0 Å². The molecule has 2 unspecified atom stereocenters. The van der Waals surface area contributed by atoms with Crippen LogP contribution < -0.4 is 5.32 Å². The van der Waals surface area contributed by atoms with Crippen molar-refractivity contribution >= 4 is 11.9 Å². The molecular weight excluding hydrogens is 779 g/mol. The molecule has 0 radical (unpaired) electrons. The Morgan fingerprint density at radius 3 is 1.25 bits per heavy atom. The Morgan fingerprint density at radius 1 is 0.444 bits per heavy atom. The summed E-state index contributed by atoms with van der Waals surface area (Å²) in [7, 11) is 0. The van der Waals surface area contributed by atoms with Gasteiger partial charge in [-0.25, -0.2) is 0 Å². The van der Waals surface area contributed by atoms with E-state index in [1.807, 2.05) is 12.2 Å². The summed E-state index contributed by atoms with van der Waals surface area (Å²) in [6, 6.07) is -0.673. The number of rotatable bonds is 49. The van der Waals surface area contributed by atoms with Gasteiger partial charge in [0.15, 0.2) is 0 Å². The van der Waals surface area contributed by atoms with Crippen LogP contribution in [-0.4, -0.2) is 47.4 Å². The lowest BCUT2D eigenvalue weighted by Gasteiger charge is -2.19. The lowest BCUT2D eigenvalue weighted by atomic mass is 10.0. The quantitative estimate of drug-likeness (QED) is 0.0321. The van der Waals surface area contributed by atoms with Crippen molar-refractivity contribution in [2.75, 3.05) is 13.2 Å². The molecule has 0 spiro atoms. The minimum absolute atomic E-state index is 0.0268. The Balaban J connectivity index is 3.58. The summed E-state index contributed by atoms with van der Waals surface area (Å²) in [6.45, 7) is 4.81. The average Bonchev–Trinajstić information content (AvgIpc) is 3.28. The number of ether oxygens (including phenoxy) is 1. The fourth-order valence-corrected chi connectivity index (χ4v) is 7.83. The first-order valence-corrected chi connectivity index (χ1v) is 27.1. The fourth-order valence-electron chi connectivity index (χ4n) is 7.83. The zero-order valence-electron chi connectivity index (χ0n) is 41.5. The normalized spacial score (nSPS) is 13.1. The number of unbranched alkanes of at least 4 members (excludes halogenated alkanes) is 30. The second-order valence-electron chi connectivity index (χ2n) is 18.2. The number of allylic oxidation sites excluding steroid dienone is 9. The van der Waals surface area contributed by atoms with Crippen LogP contribution in [0.3, 0.4) is 0 Å². The molecule has 0 bridgehead atoms. The predicted octanol–water partition coefficient (Wildman–Crippen LogP) is 16.4. The molecule has 0 aromatic carbocycles. The smallest absolute Gasteiger partial charge is 0.305 e. The van der Waals surface area contributed by atoms with Crippen LogP contribution in [-0.2, 0) is 14.3 Å². The number of carbonyl (C=O) groups is 2. The highest BCUT2D eigenvalue weighted by molar-refractivity contribution is 5.76. The minimum atomic E-state index is -0.880. The van der Waals surface area contributed by atoms with E-state index >= 15 is 0 Å². The van der Waals surface area contributed by atoms with Crippen molar-refractivity contribution in [3.8, 4) is 0 Å². The Morgan fingerprint density at radius 2 is 0.810 bits per heavy atom. The molecule has 0 fully saturated rings. The molecule has 0 aromatic heterocycles. The van der Waals surface area contributed by atoms with Crippen molar-refractivity contribution in [3.63, 3.8) is 0 Å². The van der Waals surface area contributed by atoms with Crippen molar-refractivity contribution in [3.05, 3.63) is 60.8 Å². The predicted molar refractivity (Wildman–Crippen MR) is 273 cm³/mol. The minimum Gasteiger partial charge on any atom is -0.466 e. The summed E-state index contributed by atoms with van der Waals surface area (Å²) in [4.78, 5) is 24.5. The molecule has 0 aromatic rings. The average molecular weight is 882 g/mol. The highest BCUT2D eigenvalue weighted by Crippen LogP contribution is 2.15. The lowest BCUT2D eigenvalue weighted by Crippen LogP contribution is -2.45. The third kappa shape index (κ3) is 48.8. The second-order valence-corrected chi connectivity index (χ2v) is 18.2. The summed E-state index contributed by atoms with van der Waals surface area (Å²) in [5.74, 6) is -0.177. The number of carbonyl (C=O) groups excluding carboxylic acids is 2. The highest BCUT2D eigenvalue weighted by Gasteiger charge is 2.17. The monoisotopic (exact) mass is 882 g/mol. The first kappa shape index (κ1) is 60.6. The molecule has 0 aliphatic heterocycles. The number of esters is 1. The number of hydrogen-bond acceptors (Lipinski definition) is 5. The number of aliphatic hydroxyl groups excluding tert-OH is 2. The van der Waals surface area contributed by atoms with Gasteiger partial charge < -0.3 is 20.3 Å². The van der Waals surface area contributed by atoms with E-state index < -0.39 is 12.1 Å². The summed E-state index contributed by atoms with van der Waals surface area (Å²) in [6.07, 6.45) is 66.6. The molecule has 366 valence electrons. The lowest BCUT2D eigenvalue weighted by molar-refractivity contribution is -0.143. The van der Waals surface area contributed by atoms with Crippen LogP contribution in [0.25, 0.3) is 0 Å². The Bertz CT molecular complexity index is 1110. The molecule has 6 heteroatoms. The van der Waals surface area contributed by atoms with Gasteiger partial charge in [0.05, 0.1) is 25.4 Å². The fraction of sp³-hybridized carbons (Fsp3) is 0.789. The van der Waals surface area contributed by atoms with Crippen molar-refractivity contribution in [2.24, 2.45) is 0 Å². The van der Waals surface area contributed by atoms with Gasteiger partial charge in [-0.3, -0.25) is 9.59 Å². The van der Waals surface area contributed by atoms with E-state index in [1.54, 1.807) is 6.08 Å². The third-order valence-electron chi connectivity index (χ3n) is 12.0. The van der Waals surface area contributed by atoms with E-state index in [-0.39, 0.29) is 18.5 Å². The summed E-state index contributed by atoms with van der Waals surface area (Å²) >= 11 is 0. The summed E-state index contributed by atoms with van der Waals surface area (Å²) in [5, 5.41) is 23.0. The van der Waals surface area contributed by atoms with Crippen molar-refractivity contribution < 1.29 is 24.5 Å². The molecule has 0 aliphatic rings. The van der Waals surface area contributed by atoms with E-state index in [0.29, 0.717) is 25.9 Å². The molecule has 0 saturated carbocycles. The second kappa shape index (κ2) is 52.2. The topological polar surface area (TPSA) is 95.9 Å². The van der Waals surface area contributed by atoms with Gasteiger partial charge in [0, 0.05) is 12.8 Å². The van der Waals surface area contributed by atoms with E-state index in [2.05, 4.69) is 61.7 Å². The SMILES string of the molecule is CCCCCC/C=C\C/C=C\CCCCCCCCCC(=O)OCCCCCCCC/C=C\C/C=C\CCC(=O)NC(CO)C(O)/C=C/CCCCCCCCCCCCCCC. The van der Waals surface area contributed by atoms with E-state index in [9.17, 15) is 19.8 Å². The molecule has 6 nitrogen and oxygen atoms in total. The van der Waals surface area contributed by atoms with E-state index in [1.165, 1.54) is 173 Å². The number of amides is 1. The third-order valence-corrected chi connectivity index (χ3v) is 12.0. The molecule has 3 N–H and O–H groups in total. The molecule has 0 saturated heterocycles. The van der Waals surface area contributed by atoms with Gasteiger partial charge in [0.1, 0.15) is 0 Å². The Labute approximate surface area is 390 Å². The van der Waals surface area contributed by atoms with Crippen LogP contribution in [0.15, 0.2) is 60.8 Å². The van der Waals surface area contributed by atoms with Crippen molar-refractivity contribution in [2.45, 2.75) is 276 Å². The maximum absolute atomic E-state index is 12.4. The van der Waals surface area contributed by atoms with Crippen LogP contribution in [0.4, 0.5) is 0 Å². The van der Waals surface area contributed by atoms with Gasteiger partial charge in [-0.2, -0.15) is 0 Å². The van der Waals surface area contributed by atoms with Gasteiger partial charge >= 0.3 is 5.97 Å². The first-order chi connectivity index (χ1) is 31.0. The highest BCUT2D eigenvalue weighted by atomic mass is 16.5. The maximum atomic E-state index is 12.4. The molecule has 0 rings (SSSR count). The van der Waals surface area contributed by atoms with Gasteiger partial charge in [0.25, 0.3) is 0 Å². The van der Waals surface area contributed by atoms with Gasteiger partial charge in [-0.15, -0.1) is 0 Å². The van der Waals surface area contributed by atoms with Crippen LogP contribution in [0.1, 0.15) is 264 Å². The Hall–Kier alpha value is -2.44.